The number of phenols is 1. The number of nitrogens with one attached hydrogen (secondary N) is 1. The van der Waals surface area contributed by atoms with Gasteiger partial charge >= 0.3 is 0 Å². The van der Waals surface area contributed by atoms with Gasteiger partial charge in [0.2, 0.25) is 5.78 Å². The van der Waals surface area contributed by atoms with Crippen molar-refractivity contribution in [2.24, 2.45) is 5.92 Å². The maximum atomic E-state index is 13.9. The van der Waals surface area contributed by atoms with E-state index >= 15 is 0 Å². The predicted octanol–water partition coefficient (Wildman–Crippen LogP) is 2.96. The van der Waals surface area contributed by atoms with E-state index in [1.54, 1.807) is 30.3 Å². The van der Waals surface area contributed by atoms with Gasteiger partial charge < -0.3 is 14.7 Å². The minimum absolute atomic E-state index is 0.0872. The maximum absolute atomic E-state index is 13.9. The van der Waals surface area contributed by atoms with E-state index in [1.807, 2.05) is 0 Å². The quantitative estimate of drug-likeness (QED) is 0.819. The van der Waals surface area contributed by atoms with E-state index in [1.165, 1.54) is 17.0 Å². The third-order valence-electron chi connectivity index (χ3n) is 5.52. The average molecular weight is 368 g/mol. The fourth-order valence-electron chi connectivity index (χ4n) is 3.80. The molecule has 4 rings (SSSR count). The number of aromatic hydroxyl groups is 1. The molecule has 0 unspecified atom stereocenters. The number of phenolic OH excluding ortho intramolecular Hbond substituents is 1. The van der Waals surface area contributed by atoms with Gasteiger partial charge in [-0.1, -0.05) is 25.1 Å². The first-order valence-electron chi connectivity index (χ1n) is 9.40. The van der Waals surface area contributed by atoms with Gasteiger partial charge in [0.25, 0.3) is 0 Å². The fraction of sp³-hybridized carbons (Fsp3) is 0.318. The number of hydrogen-bond donors (Lipinski definition) is 2. The molecular weight excluding hydrogens is 345 g/mol. The monoisotopic (exact) mass is 368 g/mol. The van der Waals surface area contributed by atoms with Gasteiger partial charge in [0.1, 0.15) is 18.1 Å². The molecule has 5 heteroatoms. The number of hydrogen-bond acceptors (Lipinski definition) is 3. The van der Waals surface area contributed by atoms with E-state index in [2.05, 4.69) is 6.92 Å². The molecule has 0 amide bonds. The molecule has 2 heterocycles. The molecule has 0 atom stereocenters. The van der Waals surface area contributed by atoms with Crippen LogP contribution >= 0.6 is 0 Å². The van der Waals surface area contributed by atoms with Gasteiger partial charge in [-0.05, 0) is 43.0 Å². The number of fused-ring (bicyclic) bond motifs is 1. The van der Waals surface area contributed by atoms with Crippen LogP contribution in [0.5, 0.6) is 11.5 Å². The summed E-state index contributed by atoms with van der Waals surface area (Å²) in [5.74, 6) is 0.679. The van der Waals surface area contributed by atoms with E-state index in [9.17, 15) is 14.3 Å². The van der Waals surface area contributed by atoms with Crippen LogP contribution in [0.1, 0.15) is 41.3 Å². The number of carbonyl (C=O) groups excluding carboxylic acids is 1. The summed E-state index contributed by atoms with van der Waals surface area (Å²) in [6, 6.07) is 9.37. The lowest BCUT2D eigenvalue weighted by Crippen LogP contribution is -3.11. The standard InChI is InChI=1S/C22H22FNO3/c1-14-8-10-24(11-9-14)13-17-19(25)7-6-16-21(26)20(27-22(16)17)12-15-4-2-3-5-18(15)23/h2-7,12,14,25H,8-11,13H2,1H3/p+1/b20-12-. The van der Waals surface area contributed by atoms with Crippen LogP contribution < -0.4 is 9.64 Å². The zero-order valence-corrected chi connectivity index (χ0v) is 15.3. The molecule has 1 saturated heterocycles. The Labute approximate surface area is 157 Å². The summed E-state index contributed by atoms with van der Waals surface area (Å²) in [5.41, 5.74) is 1.38. The van der Waals surface area contributed by atoms with E-state index < -0.39 is 5.82 Å². The van der Waals surface area contributed by atoms with Crippen molar-refractivity contribution in [3.8, 4) is 11.5 Å². The first-order chi connectivity index (χ1) is 13.0. The number of likely N-dealkylation sites (tertiary alicyclic amines) is 1. The van der Waals surface area contributed by atoms with Crippen molar-refractivity contribution in [3.63, 3.8) is 0 Å². The molecule has 0 aromatic heterocycles. The molecule has 0 saturated carbocycles. The normalized spacial score (nSPS) is 23.3. The summed E-state index contributed by atoms with van der Waals surface area (Å²) in [6.45, 7) is 4.95. The summed E-state index contributed by atoms with van der Waals surface area (Å²) in [7, 11) is 0. The van der Waals surface area contributed by atoms with Crippen LogP contribution in [-0.2, 0) is 6.54 Å². The Morgan fingerprint density at radius 3 is 2.70 bits per heavy atom. The van der Waals surface area contributed by atoms with Crippen LogP contribution in [-0.4, -0.2) is 24.0 Å². The predicted molar refractivity (Wildman–Crippen MR) is 100 cm³/mol. The number of allylic oxidation sites excluding steroid dienone is 1. The van der Waals surface area contributed by atoms with E-state index in [4.69, 9.17) is 4.74 Å². The van der Waals surface area contributed by atoms with Crippen molar-refractivity contribution in [2.45, 2.75) is 26.3 Å². The van der Waals surface area contributed by atoms with Crippen LogP contribution in [0.2, 0.25) is 0 Å². The fourth-order valence-corrected chi connectivity index (χ4v) is 3.80. The SMILES string of the molecule is CC1CC[NH+](Cc2c(O)ccc3c2O/C(=C\c2ccccc2F)C3=O)CC1. The molecule has 1 fully saturated rings. The van der Waals surface area contributed by atoms with Crippen LogP contribution in [0.15, 0.2) is 42.2 Å². The van der Waals surface area contributed by atoms with Crippen molar-refractivity contribution in [3.05, 3.63) is 64.7 Å². The largest absolute Gasteiger partial charge is 0.507 e. The molecule has 4 nitrogen and oxygen atoms in total. The summed E-state index contributed by atoms with van der Waals surface area (Å²) in [6.07, 6.45) is 3.74. The molecule has 0 aliphatic carbocycles. The second-order valence-electron chi connectivity index (χ2n) is 7.51. The lowest BCUT2D eigenvalue weighted by atomic mass is 9.98. The Morgan fingerprint density at radius 2 is 1.96 bits per heavy atom. The van der Waals surface area contributed by atoms with Crippen molar-refractivity contribution in [1.29, 1.82) is 0 Å². The Kier molecular flexibility index (Phi) is 4.70. The number of ether oxygens (including phenoxy) is 1. The van der Waals surface area contributed by atoms with Crippen LogP contribution in [0.25, 0.3) is 6.08 Å². The van der Waals surface area contributed by atoms with Gasteiger partial charge in [0, 0.05) is 5.56 Å². The van der Waals surface area contributed by atoms with E-state index in [-0.39, 0.29) is 17.3 Å². The second-order valence-corrected chi connectivity index (χ2v) is 7.51. The van der Waals surface area contributed by atoms with Gasteiger partial charge in [-0.15, -0.1) is 0 Å². The molecule has 2 aromatic rings. The third-order valence-corrected chi connectivity index (χ3v) is 5.52. The summed E-state index contributed by atoms with van der Waals surface area (Å²) in [4.78, 5) is 14.1. The first kappa shape index (κ1) is 17.7. The zero-order chi connectivity index (χ0) is 19.0. The van der Waals surface area contributed by atoms with Gasteiger partial charge in [0.15, 0.2) is 11.5 Å². The van der Waals surface area contributed by atoms with E-state index in [0.717, 1.165) is 31.8 Å². The van der Waals surface area contributed by atoms with Gasteiger partial charge in [-0.25, -0.2) is 4.39 Å². The van der Waals surface area contributed by atoms with Crippen molar-refractivity contribution < 1.29 is 23.9 Å². The number of quaternary nitrogens is 1. The number of ketones is 1. The van der Waals surface area contributed by atoms with Crippen LogP contribution in [0.3, 0.4) is 0 Å². The molecule has 27 heavy (non-hydrogen) atoms. The van der Waals surface area contributed by atoms with E-state index in [0.29, 0.717) is 29.0 Å². The average Bonchev–Trinajstić information content (AvgIpc) is 2.97. The topological polar surface area (TPSA) is 51.0 Å². The lowest BCUT2D eigenvalue weighted by molar-refractivity contribution is -0.919. The highest BCUT2D eigenvalue weighted by Crippen LogP contribution is 2.39. The number of halogens is 1. The Bertz CT molecular complexity index is 914. The Morgan fingerprint density at radius 1 is 1.22 bits per heavy atom. The number of Topliss-reactive ketones (excluding diaryl/α,β-unsaturated/α-hetero) is 1. The smallest absolute Gasteiger partial charge is 0.231 e. The molecule has 0 spiro atoms. The summed E-state index contributed by atoms with van der Waals surface area (Å²) < 4.78 is 19.8. The molecule has 2 N–H and O–H groups in total. The zero-order valence-electron chi connectivity index (χ0n) is 15.3. The highest BCUT2D eigenvalue weighted by molar-refractivity contribution is 6.15. The van der Waals surface area contributed by atoms with Crippen LogP contribution in [0, 0.1) is 11.7 Å². The number of carbonyl (C=O) groups is 1. The highest BCUT2D eigenvalue weighted by atomic mass is 19.1. The second kappa shape index (κ2) is 7.16. The molecule has 2 aliphatic rings. The number of benzene rings is 2. The summed E-state index contributed by atoms with van der Waals surface area (Å²) >= 11 is 0. The number of rotatable bonds is 3. The lowest BCUT2D eigenvalue weighted by Gasteiger charge is -2.27. The molecule has 2 aliphatic heterocycles. The van der Waals surface area contributed by atoms with Crippen LogP contribution in [0.4, 0.5) is 4.39 Å². The Balaban J connectivity index is 1.64. The molecule has 0 radical (unpaired) electrons. The molecular formula is C22H23FNO3+. The van der Waals surface area contributed by atoms with Gasteiger partial charge in [0.05, 0.1) is 24.2 Å². The van der Waals surface area contributed by atoms with Crippen molar-refractivity contribution in [1.82, 2.24) is 0 Å². The van der Waals surface area contributed by atoms with Crippen molar-refractivity contribution in [2.75, 3.05) is 13.1 Å². The highest BCUT2D eigenvalue weighted by Gasteiger charge is 2.33. The summed E-state index contributed by atoms with van der Waals surface area (Å²) in [5, 5.41) is 10.4. The van der Waals surface area contributed by atoms with Gasteiger partial charge in [-0.3, -0.25) is 4.79 Å². The minimum atomic E-state index is -0.410. The minimum Gasteiger partial charge on any atom is -0.507 e. The molecule has 0 bridgehead atoms. The molecule has 2 aromatic carbocycles. The van der Waals surface area contributed by atoms with Crippen molar-refractivity contribution >= 4 is 11.9 Å². The van der Waals surface area contributed by atoms with Gasteiger partial charge in [-0.2, -0.15) is 0 Å². The maximum Gasteiger partial charge on any atom is 0.231 e. The Hall–Kier alpha value is -2.66. The third kappa shape index (κ3) is 3.47. The number of piperidine rings is 1. The molecule has 140 valence electrons. The first-order valence-corrected chi connectivity index (χ1v) is 9.40.